The number of anilines is 3. The Morgan fingerprint density at radius 3 is 2.60 bits per heavy atom. The molecule has 2 aromatic heterocycles. The minimum absolute atomic E-state index is 0.00745. The van der Waals surface area contributed by atoms with Gasteiger partial charge in [-0.25, -0.2) is 13.4 Å². The number of ether oxygens (including phenoxy) is 1. The molecule has 11 nitrogen and oxygen atoms in total. The Hall–Kier alpha value is -3.84. The van der Waals surface area contributed by atoms with Gasteiger partial charge >= 0.3 is 0 Å². The van der Waals surface area contributed by atoms with Crippen molar-refractivity contribution in [2.45, 2.75) is 37.4 Å². The number of nitrogens with zero attached hydrogens (tertiary/aromatic N) is 5. The fourth-order valence-electron chi connectivity index (χ4n) is 5.74. The summed E-state index contributed by atoms with van der Waals surface area (Å²) in [6.45, 7) is 7.51. The summed E-state index contributed by atoms with van der Waals surface area (Å²) in [6, 6.07) is 16.6. The number of morpholine rings is 1. The number of pyridine rings is 1. The SMILES string of the molecule is CCN(CC)c1cc2cnc(Nc3ccc(C4CNCCO4)cc3)nc2n(C2Cc3ccccc3S(=O)(=O)N2C)c1=O. The summed E-state index contributed by atoms with van der Waals surface area (Å²) in [5, 5.41) is 7.23. The molecular weight excluding hydrogens is 554 g/mol. The average Bonchev–Trinajstić information content (AvgIpc) is 3.01. The molecule has 1 fully saturated rings. The molecule has 1 saturated heterocycles. The zero-order valence-corrected chi connectivity index (χ0v) is 24.8. The van der Waals surface area contributed by atoms with Crippen LogP contribution < -0.4 is 21.1 Å². The van der Waals surface area contributed by atoms with E-state index in [1.165, 1.54) is 15.9 Å². The highest BCUT2D eigenvalue weighted by Gasteiger charge is 2.38. The first-order valence-electron chi connectivity index (χ1n) is 14.2. The first-order chi connectivity index (χ1) is 20.3. The quantitative estimate of drug-likeness (QED) is 0.334. The van der Waals surface area contributed by atoms with Crippen molar-refractivity contribution in [2.24, 2.45) is 0 Å². The third-order valence-electron chi connectivity index (χ3n) is 8.07. The number of nitrogens with one attached hydrogen (secondary N) is 2. The van der Waals surface area contributed by atoms with Gasteiger partial charge in [0.15, 0.2) is 0 Å². The predicted octanol–water partition coefficient (Wildman–Crippen LogP) is 3.42. The molecule has 0 aliphatic carbocycles. The minimum atomic E-state index is -3.83. The molecule has 2 aromatic carbocycles. The van der Waals surface area contributed by atoms with Gasteiger partial charge in [-0.15, -0.1) is 0 Å². The fourth-order valence-corrected chi connectivity index (χ4v) is 7.27. The van der Waals surface area contributed by atoms with Crippen LogP contribution in [-0.2, 0) is 21.2 Å². The van der Waals surface area contributed by atoms with Crippen LogP contribution in [0.4, 0.5) is 17.3 Å². The first kappa shape index (κ1) is 28.3. The summed E-state index contributed by atoms with van der Waals surface area (Å²) in [5.41, 5.74) is 3.06. The summed E-state index contributed by atoms with van der Waals surface area (Å²) < 4.78 is 35.8. The first-order valence-corrected chi connectivity index (χ1v) is 15.7. The van der Waals surface area contributed by atoms with Crippen LogP contribution in [0.2, 0.25) is 0 Å². The number of hydrogen-bond acceptors (Lipinski definition) is 9. The molecule has 6 rings (SSSR count). The summed E-state index contributed by atoms with van der Waals surface area (Å²) in [5.74, 6) is 0.302. The van der Waals surface area contributed by atoms with Crippen molar-refractivity contribution in [3.63, 3.8) is 0 Å². The molecule has 2 aliphatic heterocycles. The number of sulfonamides is 1. The molecule has 42 heavy (non-hydrogen) atoms. The number of aromatic nitrogens is 3. The van der Waals surface area contributed by atoms with E-state index in [2.05, 4.69) is 15.6 Å². The Labute approximate surface area is 245 Å². The fraction of sp³-hybridized carbons (Fsp3) is 0.367. The molecular formula is C30H35N7O4S. The third-order valence-corrected chi connectivity index (χ3v) is 10.0. The van der Waals surface area contributed by atoms with Crippen molar-refractivity contribution in [1.82, 2.24) is 24.2 Å². The van der Waals surface area contributed by atoms with Gasteiger partial charge in [-0.2, -0.15) is 9.29 Å². The molecule has 0 saturated carbocycles. The number of rotatable bonds is 7. The van der Waals surface area contributed by atoms with Gasteiger partial charge < -0.3 is 20.3 Å². The van der Waals surface area contributed by atoms with Crippen LogP contribution in [0.5, 0.6) is 0 Å². The van der Waals surface area contributed by atoms with E-state index in [1.807, 2.05) is 49.1 Å². The van der Waals surface area contributed by atoms with Crippen LogP contribution in [0.25, 0.3) is 11.0 Å². The molecule has 0 bridgehead atoms. The van der Waals surface area contributed by atoms with E-state index in [0.29, 0.717) is 54.3 Å². The highest BCUT2D eigenvalue weighted by Crippen LogP contribution is 2.35. The Morgan fingerprint density at radius 1 is 1.12 bits per heavy atom. The van der Waals surface area contributed by atoms with Crippen LogP contribution in [0.15, 0.2) is 70.5 Å². The average molecular weight is 590 g/mol. The van der Waals surface area contributed by atoms with Crippen LogP contribution in [0.3, 0.4) is 0 Å². The summed E-state index contributed by atoms with van der Waals surface area (Å²) >= 11 is 0. The van der Waals surface area contributed by atoms with Crippen molar-refractivity contribution >= 4 is 38.4 Å². The molecule has 2 aliphatic rings. The Bertz CT molecular complexity index is 1770. The van der Waals surface area contributed by atoms with Crippen molar-refractivity contribution in [2.75, 3.05) is 50.1 Å². The second-order valence-electron chi connectivity index (χ2n) is 10.5. The molecule has 4 aromatic rings. The lowest BCUT2D eigenvalue weighted by Gasteiger charge is -2.35. The maximum atomic E-state index is 14.2. The van der Waals surface area contributed by atoms with E-state index in [0.717, 1.165) is 24.3 Å². The highest BCUT2D eigenvalue weighted by molar-refractivity contribution is 7.89. The number of benzene rings is 2. The molecule has 0 amide bonds. The summed E-state index contributed by atoms with van der Waals surface area (Å²) in [7, 11) is -2.31. The van der Waals surface area contributed by atoms with Gasteiger partial charge in [-0.05, 0) is 49.2 Å². The lowest BCUT2D eigenvalue weighted by molar-refractivity contribution is 0.0277. The van der Waals surface area contributed by atoms with Crippen LogP contribution >= 0.6 is 0 Å². The van der Waals surface area contributed by atoms with Crippen molar-refractivity contribution in [1.29, 1.82) is 0 Å². The smallest absolute Gasteiger partial charge is 0.277 e. The number of hydrogen-bond donors (Lipinski definition) is 2. The standard InChI is InChI=1S/C30H35N7O4S/c1-4-36(5-2)24-16-22-18-32-30(33-23-12-10-20(11-13-23)25-19-31-14-15-41-25)34-28(22)37(29(24)38)27-17-21-8-6-7-9-26(21)42(39,40)35(27)3/h6-13,16,18,25,27,31H,4-5,14-15,17,19H2,1-3H3,(H,32,33,34). The van der Waals surface area contributed by atoms with Gasteiger partial charge in [0.1, 0.15) is 17.5 Å². The van der Waals surface area contributed by atoms with Gasteiger partial charge in [0.25, 0.3) is 5.56 Å². The highest BCUT2D eigenvalue weighted by atomic mass is 32.2. The zero-order chi connectivity index (χ0) is 29.4. The minimum Gasteiger partial charge on any atom is -0.371 e. The second-order valence-corrected chi connectivity index (χ2v) is 12.4. The van der Waals surface area contributed by atoms with E-state index in [4.69, 9.17) is 9.72 Å². The third kappa shape index (κ3) is 5.04. The molecule has 220 valence electrons. The van der Waals surface area contributed by atoms with Crippen molar-refractivity contribution < 1.29 is 13.2 Å². The van der Waals surface area contributed by atoms with E-state index in [1.54, 1.807) is 30.5 Å². The van der Waals surface area contributed by atoms with Crippen molar-refractivity contribution in [3.8, 4) is 0 Å². The zero-order valence-electron chi connectivity index (χ0n) is 23.9. The summed E-state index contributed by atoms with van der Waals surface area (Å²) in [4.78, 5) is 25.7. The summed E-state index contributed by atoms with van der Waals surface area (Å²) in [6.07, 6.45) is 1.21. The Kier molecular flexibility index (Phi) is 7.71. The normalized spacial score (nSPS) is 20.3. The van der Waals surface area contributed by atoms with Gasteiger partial charge in [0.2, 0.25) is 16.0 Å². The largest absolute Gasteiger partial charge is 0.371 e. The number of likely N-dealkylation sites (N-methyl/N-ethyl adjacent to an activating group) is 1. The Morgan fingerprint density at radius 2 is 1.88 bits per heavy atom. The van der Waals surface area contributed by atoms with Gasteiger partial charge in [0, 0.05) is 56.9 Å². The van der Waals surface area contributed by atoms with E-state index in [-0.39, 0.29) is 16.6 Å². The van der Waals surface area contributed by atoms with Gasteiger partial charge in [-0.3, -0.25) is 9.36 Å². The van der Waals surface area contributed by atoms with Gasteiger partial charge in [0.05, 0.1) is 17.6 Å². The molecule has 12 heteroatoms. The van der Waals surface area contributed by atoms with Crippen LogP contribution in [-0.4, -0.2) is 67.1 Å². The molecule has 2 unspecified atom stereocenters. The molecule has 4 heterocycles. The predicted molar refractivity (Wildman–Crippen MR) is 163 cm³/mol. The van der Waals surface area contributed by atoms with Crippen molar-refractivity contribution in [3.05, 3.63) is 82.3 Å². The van der Waals surface area contributed by atoms with Gasteiger partial charge in [-0.1, -0.05) is 30.3 Å². The van der Waals surface area contributed by atoms with E-state index in [9.17, 15) is 13.2 Å². The molecule has 0 radical (unpaired) electrons. The van der Waals surface area contributed by atoms with E-state index < -0.39 is 16.2 Å². The Balaban J connectivity index is 1.44. The molecule has 0 spiro atoms. The molecule has 2 atom stereocenters. The lowest BCUT2D eigenvalue weighted by Crippen LogP contribution is -2.45. The van der Waals surface area contributed by atoms with E-state index >= 15 is 0 Å². The van der Waals surface area contributed by atoms with Crippen LogP contribution in [0, 0.1) is 0 Å². The maximum absolute atomic E-state index is 14.2. The second kappa shape index (κ2) is 11.4. The monoisotopic (exact) mass is 589 g/mol. The molecule has 2 N–H and O–H groups in total. The maximum Gasteiger partial charge on any atom is 0.277 e. The number of fused-ring (bicyclic) bond motifs is 2. The topological polar surface area (TPSA) is 122 Å². The lowest BCUT2D eigenvalue weighted by atomic mass is 10.1. The van der Waals surface area contributed by atoms with Crippen LogP contribution in [0.1, 0.15) is 37.2 Å².